The molecule has 5 heteroatoms. The summed E-state index contributed by atoms with van der Waals surface area (Å²) >= 11 is 1.89. The minimum Gasteiger partial charge on any atom is -0.307 e. The van der Waals surface area contributed by atoms with Crippen molar-refractivity contribution in [3.05, 3.63) is 313 Å². The minimum absolute atomic E-state index is 0.524. The van der Waals surface area contributed by atoms with E-state index in [2.05, 4.69) is 296 Å². The van der Waals surface area contributed by atoms with Crippen molar-refractivity contribution in [1.29, 1.82) is 0 Å². The Morgan fingerprint density at radius 1 is 0.282 bits per heavy atom. The number of para-hydroxylation sites is 2. The molecular formula is C80H48N4S. The molecular weight excluding hydrogens is 1050 g/mol. The summed E-state index contributed by atoms with van der Waals surface area (Å²) in [6, 6.07) is 106. The molecule has 4 nitrogen and oxygen atoms in total. The Kier molecular flexibility index (Phi) is 10.4. The maximum Gasteiger partial charge on any atom is 0.164 e. The highest BCUT2D eigenvalue weighted by Crippen LogP contribution is 2.57. The van der Waals surface area contributed by atoms with Gasteiger partial charge in [-0.25, -0.2) is 15.0 Å². The van der Waals surface area contributed by atoms with Crippen molar-refractivity contribution < 1.29 is 0 Å². The Morgan fingerprint density at radius 2 is 0.788 bits per heavy atom. The highest BCUT2D eigenvalue weighted by atomic mass is 32.1. The molecule has 1 aliphatic carbocycles. The molecule has 1 aliphatic rings. The second kappa shape index (κ2) is 18.6. The van der Waals surface area contributed by atoms with Crippen molar-refractivity contribution in [2.45, 2.75) is 5.41 Å². The van der Waals surface area contributed by atoms with Crippen LogP contribution in [-0.4, -0.2) is 19.4 Å². The Hall–Kier alpha value is -10.9. The molecule has 13 aromatic carbocycles. The van der Waals surface area contributed by atoms with E-state index in [1.165, 1.54) is 108 Å². The van der Waals surface area contributed by atoms with Crippen LogP contribution in [0.3, 0.4) is 0 Å². The average molecular weight is 1100 g/mol. The van der Waals surface area contributed by atoms with Crippen LogP contribution in [-0.2, 0) is 5.41 Å². The number of aromatic nitrogens is 4. The zero-order valence-corrected chi connectivity index (χ0v) is 46.7. The fraction of sp³-hybridized carbons (Fsp3) is 0.0125. The Bertz CT molecular complexity index is 5520. The quantitative estimate of drug-likeness (QED) is 0.152. The summed E-state index contributed by atoms with van der Waals surface area (Å²) in [5.41, 5.74) is 20.0. The molecule has 0 N–H and O–H groups in total. The third-order valence-corrected chi connectivity index (χ3v) is 19.1. The van der Waals surface area contributed by atoms with Gasteiger partial charge in [0.25, 0.3) is 0 Å². The second-order valence-electron chi connectivity index (χ2n) is 22.6. The largest absolute Gasteiger partial charge is 0.307 e. The van der Waals surface area contributed by atoms with Crippen LogP contribution >= 0.6 is 11.3 Å². The minimum atomic E-state index is -0.524. The number of benzene rings is 13. The predicted octanol–water partition coefficient (Wildman–Crippen LogP) is 20.9. The molecule has 18 rings (SSSR count). The molecule has 0 bridgehead atoms. The van der Waals surface area contributed by atoms with Crippen LogP contribution in [0.5, 0.6) is 0 Å². The second-order valence-corrected chi connectivity index (χ2v) is 23.7. The summed E-state index contributed by atoms with van der Waals surface area (Å²) in [5, 5.41) is 10.2. The topological polar surface area (TPSA) is 43.1 Å². The molecule has 394 valence electrons. The first-order valence-electron chi connectivity index (χ1n) is 29.1. The molecule has 0 amide bonds. The van der Waals surface area contributed by atoms with Crippen LogP contribution in [0.4, 0.5) is 0 Å². The van der Waals surface area contributed by atoms with E-state index in [-0.39, 0.29) is 0 Å². The third kappa shape index (κ3) is 7.18. The number of hydrogen-bond acceptors (Lipinski definition) is 4. The fourth-order valence-electron chi connectivity index (χ4n) is 14.3. The molecule has 85 heavy (non-hydrogen) atoms. The predicted molar refractivity (Wildman–Crippen MR) is 355 cm³/mol. The normalized spacial score (nSPS) is 12.8. The summed E-state index contributed by atoms with van der Waals surface area (Å²) in [6.07, 6.45) is 0. The lowest BCUT2D eigenvalue weighted by Crippen LogP contribution is -2.28. The molecule has 0 unspecified atom stereocenters. The average Bonchev–Trinajstić information content (AvgIpc) is 1.66. The summed E-state index contributed by atoms with van der Waals surface area (Å²) in [5.74, 6) is 1.82. The summed E-state index contributed by atoms with van der Waals surface area (Å²) in [6.45, 7) is 0. The van der Waals surface area contributed by atoms with Crippen LogP contribution in [0, 0.1) is 0 Å². The van der Waals surface area contributed by atoms with E-state index in [1.54, 1.807) is 0 Å². The van der Waals surface area contributed by atoms with E-state index >= 15 is 0 Å². The molecule has 0 radical (unpaired) electrons. The van der Waals surface area contributed by atoms with Crippen LogP contribution in [0.1, 0.15) is 22.3 Å². The molecule has 17 aromatic rings. The van der Waals surface area contributed by atoms with Crippen LogP contribution in [0.2, 0.25) is 0 Å². The monoisotopic (exact) mass is 1100 g/mol. The first kappa shape index (κ1) is 47.8. The number of hydrogen-bond donors (Lipinski definition) is 0. The lowest BCUT2D eigenvalue weighted by atomic mass is 9.67. The first-order chi connectivity index (χ1) is 42.1. The maximum absolute atomic E-state index is 5.46. The van der Waals surface area contributed by atoms with Gasteiger partial charge in [-0.05, 0) is 126 Å². The van der Waals surface area contributed by atoms with Gasteiger partial charge in [0.2, 0.25) is 0 Å². The SMILES string of the molecule is c1ccc(C2(c3ccccc3)c3ccccc3-c3cc(-c4nc(-c5cccc(-c6cccc(-c7cccc8c9ccc%10sc%11cccc%12c%13ccccc%13n(c78)c9c%10c%11%12)c6)c5)nc(-c5cccc(-c6ccc7ccccc7c6)c5)n4)ccc32)cc1. The van der Waals surface area contributed by atoms with Gasteiger partial charge in [-0.2, -0.15) is 0 Å². The van der Waals surface area contributed by atoms with Crippen molar-refractivity contribution in [3.63, 3.8) is 0 Å². The third-order valence-electron chi connectivity index (χ3n) is 18.0. The van der Waals surface area contributed by atoms with E-state index in [0.717, 1.165) is 44.5 Å². The molecule has 0 saturated carbocycles. The molecule has 4 heterocycles. The van der Waals surface area contributed by atoms with E-state index in [1.807, 2.05) is 11.3 Å². The van der Waals surface area contributed by atoms with Crippen LogP contribution in [0.15, 0.2) is 291 Å². The smallest absolute Gasteiger partial charge is 0.164 e. The molecule has 0 saturated heterocycles. The zero-order chi connectivity index (χ0) is 55.7. The van der Waals surface area contributed by atoms with Crippen molar-refractivity contribution >= 4 is 80.4 Å². The van der Waals surface area contributed by atoms with E-state index in [4.69, 9.17) is 15.0 Å². The number of rotatable bonds is 8. The van der Waals surface area contributed by atoms with Crippen molar-refractivity contribution in [2.75, 3.05) is 0 Å². The van der Waals surface area contributed by atoms with Crippen LogP contribution < -0.4 is 0 Å². The number of thiophene rings is 1. The lowest BCUT2D eigenvalue weighted by Gasteiger charge is -2.33. The van der Waals surface area contributed by atoms with Crippen molar-refractivity contribution in [1.82, 2.24) is 19.4 Å². The van der Waals surface area contributed by atoms with E-state index in [0.29, 0.717) is 17.5 Å². The van der Waals surface area contributed by atoms with E-state index in [9.17, 15) is 0 Å². The molecule has 0 aliphatic heterocycles. The van der Waals surface area contributed by atoms with Gasteiger partial charge in [0, 0.05) is 58.6 Å². The van der Waals surface area contributed by atoms with Gasteiger partial charge < -0.3 is 4.40 Å². The molecule has 0 spiro atoms. The van der Waals surface area contributed by atoms with Gasteiger partial charge in [-0.15, -0.1) is 11.3 Å². The Morgan fingerprint density at radius 3 is 1.53 bits per heavy atom. The standard InChI is InChI=1S/C80H48N4S/c1-3-26-59(27-4-1)80(60-28-5-2-6-29-60)68-35-11-9-30-62(68)67-48-58(40-42-69(67)80)79-82-77(81-78(83-79)57-25-15-22-53(47-57)54-39-38-49-18-7-8-19-50(49)44-54)56-24-14-21-52(46-56)51-20-13-23-55(45-51)61-32-16-34-65-66-41-43-72-74-73-64(33-17-37-71(73)85-72)63-31-10-12-36-70(63)84(75(61)65)76(66)74/h1-48H. The number of fused-ring (bicyclic) bond motifs is 10. The lowest BCUT2D eigenvalue weighted by molar-refractivity contribution is 0.768. The summed E-state index contributed by atoms with van der Waals surface area (Å²) < 4.78 is 5.20. The van der Waals surface area contributed by atoms with Crippen LogP contribution in [0.25, 0.3) is 148 Å². The van der Waals surface area contributed by atoms with Crippen molar-refractivity contribution in [2.24, 2.45) is 0 Å². The molecule has 4 aromatic heterocycles. The first-order valence-corrected chi connectivity index (χ1v) is 29.9. The fourth-order valence-corrected chi connectivity index (χ4v) is 15.4. The Labute approximate surface area is 494 Å². The van der Waals surface area contributed by atoms with E-state index < -0.39 is 5.41 Å². The van der Waals surface area contributed by atoms with Gasteiger partial charge in [-0.1, -0.05) is 243 Å². The van der Waals surface area contributed by atoms with Gasteiger partial charge in [0.15, 0.2) is 17.5 Å². The Balaban J connectivity index is 0.802. The summed E-state index contributed by atoms with van der Waals surface area (Å²) in [7, 11) is 0. The molecule has 0 fully saturated rings. The van der Waals surface area contributed by atoms with Gasteiger partial charge in [0.05, 0.1) is 22.0 Å². The van der Waals surface area contributed by atoms with Gasteiger partial charge >= 0.3 is 0 Å². The van der Waals surface area contributed by atoms with Gasteiger partial charge in [0.1, 0.15) is 0 Å². The zero-order valence-electron chi connectivity index (χ0n) is 45.9. The number of nitrogens with zero attached hydrogens (tertiary/aromatic N) is 4. The van der Waals surface area contributed by atoms with Crippen molar-refractivity contribution in [3.8, 4) is 78.7 Å². The molecule has 0 atom stereocenters. The highest BCUT2D eigenvalue weighted by molar-refractivity contribution is 7.26. The maximum atomic E-state index is 5.46. The highest BCUT2D eigenvalue weighted by Gasteiger charge is 2.46. The van der Waals surface area contributed by atoms with Gasteiger partial charge in [-0.3, -0.25) is 0 Å². The summed E-state index contributed by atoms with van der Waals surface area (Å²) in [4.78, 5) is 16.3.